The van der Waals surface area contributed by atoms with Crippen LogP contribution in [0, 0.1) is 5.92 Å². The van der Waals surface area contributed by atoms with Crippen molar-refractivity contribution in [2.24, 2.45) is 5.92 Å². The van der Waals surface area contributed by atoms with Gasteiger partial charge >= 0.3 is 5.97 Å². The van der Waals surface area contributed by atoms with Gasteiger partial charge in [-0.1, -0.05) is 63.6 Å². The van der Waals surface area contributed by atoms with E-state index in [0.29, 0.717) is 18.4 Å². The van der Waals surface area contributed by atoms with Gasteiger partial charge < -0.3 is 4.74 Å². The zero-order valence-electron chi connectivity index (χ0n) is 16.6. The molecule has 2 aromatic carbocycles. The molecule has 0 fully saturated rings. The van der Waals surface area contributed by atoms with E-state index in [0.717, 1.165) is 6.42 Å². The lowest BCUT2D eigenvalue weighted by atomic mass is 9.93. The molecule has 5 nitrogen and oxygen atoms in total. The number of ether oxygens (including phenoxy) is 1. The van der Waals surface area contributed by atoms with Gasteiger partial charge in [0.05, 0.1) is 16.6 Å². The maximum absolute atomic E-state index is 12.6. The highest BCUT2D eigenvalue weighted by atomic mass is 32.2. The lowest BCUT2D eigenvalue weighted by molar-refractivity contribution is -0.00894. The van der Waals surface area contributed by atoms with Gasteiger partial charge in [0.2, 0.25) is 0 Å². The molecule has 0 saturated carbocycles. The van der Waals surface area contributed by atoms with E-state index in [9.17, 15) is 13.2 Å². The van der Waals surface area contributed by atoms with Crippen LogP contribution in [-0.4, -0.2) is 26.6 Å². The third-order valence-electron chi connectivity index (χ3n) is 4.70. The van der Waals surface area contributed by atoms with E-state index < -0.39 is 28.3 Å². The third-order valence-corrected chi connectivity index (χ3v) is 6.05. The minimum atomic E-state index is -3.89. The molecule has 0 aromatic heterocycles. The van der Waals surface area contributed by atoms with Crippen LogP contribution < -0.4 is 0 Å². The van der Waals surface area contributed by atoms with Crippen molar-refractivity contribution < 1.29 is 22.1 Å². The van der Waals surface area contributed by atoms with Crippen molar-refractivity contribution in [3.05, 3.63) is 66.2 Å². The normalized spacial score (nSPS) is 14.8. The van der Waals surface area contributed by atoms with Crippen LogP contribution in [0.4, 0.5) is 0 Å². The second kappa shape index (κ2) is 10.4. The number of hydrogen-bond donors (Lipinski definition) is 0. The maximum Gasteiger partial charge on any atom is 0.338 e. The molecule has 0 radical (unpaired) electrons. The summed E-state index contributed by atoms with van der Waals surface area (Å²) >= 11 is 0. The first-order chi connectivity index (χ1) is 13.4. The number of rotatable bonds is 10. The molecule has 2 rings (SSSR count). The van der Waals surface area contributed by atoms with Crippen LogP contribution in [0.1, 0.15) is 50.4 Å². The van der Waals surface area contributed by atoms with Crippen LogP contribution in [0.5, 0.6) is 0 Å². The highest BCUT2D eigenvalue weighted by Gasteiger charge is 2.32. The lowest BCUT2D eigenvalue weighted by Crippen LogP contribution is -2.36. The fourth-order valence-corrected chi connectivity index (χ4v) is 4.27. The third kappa shape index (κ3) is 5.91. The standard InChI is InChI=1S/C22H28O5S/c1-4-12-21(27-28(24,25)19-15-10-7-11-16-19)17(3)20(5-2)26-22(23)18-13-8-6-9-14-18/h6-11,13-17,20-21H,4-5,12H2,1-3H3. The van der Waals surface area contributed by atoms with Gasteiger partial charge in [-0.05, 0) is 37.1 Å². The summed E-state index contributed by atoms with van der Waals surface area (Å²) < 4.78 is 36.6. The van der Waals surface area contributed by atoms with Crippen molar-refractivity contribution in [2.75, 3.05) is 0 Å². The van der Waals surface area contributed by atoms with E-state index in [4.69, 9.17) is 8.92 Å². The van der Waals surface area contributed by atoms with Crippen molar-refractivity contribution in [1.29, 1.82) is 0 Å². The molecule has 0 amide bonds. The quantitative estimate of drug-likeness (QED) is 0.419. The molecular weight excluding hydrogens is 376 g/mol. The molecule has 3 unspecified atom stereocenters. The first kappa shape index (κ1) is 22.1. The molecule has 152 valence electrons. The van der Waals surface area contributed by atoms with E-state index >= 15 is 0 Å². The minimum Gasteiger partial charge on any atom is -0.458 e. The first-order valence-corrected chi connectivity index (χ1v) is 11.0. The second-order valence-corrected chi connectivity index (χ2v) is 8.34. The van der Waals surface area contributed by atoms with Crippen LogP contribution in [0.3, 0.4) is 0 Å². The highest BCUT2D eigenvalue weighted by molar-refractivity contribution is 7.86. The number of hydrogen-bond acceptors (Lipinski definition) is 5. The molecule has 0 aliphatic heterocycles. The van der Waals surface area contributed by atoms with E-state index in [1.54, 1.807) is 42.5 Å². The predicted octanol–water partition coefficient (Wildman–Crippen LogP) is 4.83. The fraction of sp³-hybridized carbons (Fsp3) is 0.409. The predicted molar refractivity (Wildman–Crippen MR) is 109 cm³/mol. The summed E-state index contributed by atoms with van der Waals surface area (Å²) in [4.78, 5) is 12.5. The molecule has 0 aliphatic rings. The van der Waals surface area contributed by atoms with Crippen molar-refractivity contribution in [3.8, 4) is 0 Å². The lowest BCUT2D eigenvalue weighted by Gasteiger charge is -2.29. The highest BCUT2D eigenvalue weighted by Crippen LogP contribution is 2.26. The van der Waals surface area contributed by atoms with E-state index in [1.807, 2.05) is 26.8 Å². The molecule has 3 atom stereocenters. The maximum atomic E-state index is 12.6. The molecule has 0 heterocycles. The van der Waals surface area contributed by atoms with Crippen LogP contribution in [0.15, 0.2) is 65.6 Å². The SMILES string of the molecule is CCCC(OS(=O)(=O)c1ccccc1)C(C)C(CC)OC(=O)c1ccccc1. The number of esters is 1. The first-order valence-electron chi connectivity index (χ1n) is 9.63. The topological polar surface area (TPSA) is 69.7 Å². The minimum absolute atomic E-state index is 0.123. The summed E-state index contributed by atoms with van der Waals surface area (Å²) in [5.74, 6) is -0.698. The van der Waals surface area contributed by atoms with Crippen LogP contribution in [0.25, 0.3) is 0 Å². The van der Waals surface area contributed by atoms with Crippen LogP contribution in [-0.2, 0) is 19.0 Å². The Hall–Kier alpha value is -2.18. The van der Waals surface area contributed by atoms with Crippen molar-refractivity contribution in [3.63, 3.8) is 0 Å². The van der Waals surface area contributed by atoms with Gasteiger partial charge in [0, 0.05) is 5.92 Å². The average molecular weight is 405 g/mol. The molecule has 6 heteroatoms. The molecule has 0 spiro atoms. The van der Waals surface area contributed by atoms with Gasteiger partial charge in [0.1, 0.15) is 6.10 Å². The Morgan fingerprint density at radius 1 is 0.929 bits per heavy atom. The number of benzene rings is 2. The van der Waals surface area contributed by atoms with Gasteiger partial charge in [-0.25, -0.2) is 4.79 Å². The average Bonchev–Trinajstić information content (AvgIpc) is 2.72. The Kier molecular flexibility index (Phi) is 8.20. The number of carbonyl (C=O) groups is 1. The Bertz CT molecular complexity index is 834. The molecule has 0 saturated heterocycles. The summed E-state index contributed by atoms with van der Waals surface area (Å²) in [6.45, 7) is 5.75. The summed E-state index contributed by atoms with van der Waals surface area (Å²) in [6.07, 6.45) is 0.836. The Morgan fingerprint density at radius 3 is 2.04 bits per heavy atom. The zero-order valence-corrected chi connectivity index (χ0v) is 17.4. The van der Waals surface area contributed by atoms with Crippen molar-refractivity contribution in [2.45, 2.75) is 57.1 Å². The van der Waals surface area contributed by atoms with Gasteiger partial charge in [-0.3, -0.25) is 4.18 Å². The van der Waals surface area contributed by atoms with Crippen LogP contribution >= 0.6 is 0 Å². The number of carbonyl (C=O) groups excluding carboxylic acids is 1. The zero-order chi connectivity index (χ0) is 20.6. The Labute approximate surface area is 167 Å². The van der Waals surface area contributed by atoms with E-state index in [1.165, 1.54) is 12.1 Å². The monoisotopic (exact) mass is 404 g/mol. The molecule has 0 N–H and O–H groups in total. The summed E-state index contributed by atoms with van der Waals surface area (Å²) in [5.41, 5.74) is 0.470. The largest absolute Gasteiger partial charge is 0.458 e. The van der Waals surface area contributed by atoms with Crippen LogP contribution in [0.2, 0.25) is 0 Å². The van der Waals surface area contributed by atoms with Gasteiger partial charge in [0.15, 0.2) is 0 Å². The summed E-state index contributed by atoms with van der Waals surface area (Å²) in [5, 5.41) is 0. The van der Waals surface area contributed by atoms with E-state index in [-0.39, 0.29) is 10.8 Å². The molecule has 2 aromatic rings. The summed E-state index contributed by atoms with van der Waals surface area (Å²) in [7, 11) is -3.89. The molecule has 0 aliphatic carbocycles. The fourth-order valence-electron chi connectivity index (χ4n) is 3.07. The Morgan fingerprint density at radius 2 is 1.50 bits per heavy atom. The Balaban J connectivity index is 2.15. The molecular formula is C22H28O5S. The summed E-state index contributed by atoms with van der Waals surface area (Å²) in [6, 6.07) is 16.9. The molecule has 0 bridgehead atoms. The second-order valence-electron chi connectivity index (χ2n) is 6.77. The smallest absolute Gasteiger partial charge is 0.338 e. The van der Waals surface area contributed by atoms with Gasteiger partial charge in [-0.2, -0.15) is 8.42 Å². The van der Waals surface area contributed by atoms with Gasteiger partial charge in [-0.15, -0.1) is 0 Å². The molecule has 28 heavy (non-hydrogen) atoms. The van der Waals surface area contributed by atoms with E-state index in [2.05, 4.69) is 0 Å². The van der Waals surface area contributed by atoms with Crippen molar-refractivity contribution in [1.82, 2.24) is 0 Å². The van der Waals surface area contributed by atoms with Gasteiger partial charge in [0.25, 0.3) is 10.1 Å². The van der Waals surface area contributed by atoms with Crippen molar-refractivity contribution >= 4 is 16.1 Å².